The Morgan fingerprint density at radius 2 is 1.70 bits per heavy atom. The molecule has 1 amide bonds. The molecule has 0 heterocycles. The van der Waals surface area contributed by atoms with E-state index in [4.69, 9.17) is 21.1 Å². The van der Waals surface area contributed by atoms with Crippen LogP contribution in [0.2, 0.25) is 5.02 Å². The van der Waals surface area contributed by atoms with Gasteiger partial charge in [-0.3, -0.25) is 4.79 Å². The molecule has 0 saturated carbocycles. The average Bonchev–Trinajstić information content (AvgIpc) is 2.67. The van der Waals surface area contributed by atoms with Crippen molar-refractivity contribution >= 4 is 29.3 Å². The molecule has 146 valence electrons. The smallest absolute Gasteiger partial charge is 0.233 e. The largest absolute Gasteiger partial charge is 0.490 e. The summed E-state index contributed by atoms with van der Waals surface area (Å²) in [5.41, 5.74) is 0.974. The van der Waals surface area contributed by atoms with E-state index in [0.717, 1.165) is 22.6 Å². The molecule has 2 aromatic rings. The molecule has 0 aliphatic carbocycles. The van der Waals surface area contributed by atoms with Gasteiger partial charge in [0.25, 0.3) is 0 Å². The van der Waals surface area contributed by atoms with Crippen molar-refractivity contribution in [1.82, 2.24) is 5.32 Å². The third-order valence-electron chi connectivity index (χ3n) is 3.83. The summed E-state index contributed by atoms with van der Waals surface area (Å²) >= 11 is 7.47. The first kappa shape index (κ1) is 21.5. The van der Waals surface area contributed by atoms with E-state index in [2.05, 4.69) is 5.32 Å². The second-order valence-electron chi connectivity index (χ2n) is 5.83. The number of hydrogen-bond donors (Lipinski definition) is 1. The summed E-state index contributed by atoms with van der Waals surface area (Å²) < 4.78 is 11.2. The lowest BCUT2D eigenvalue weighted by molar-refractivity contribution is -0.120. The van der Waals surface area contributed by atoms with Crippen molar-refractivity contribution in [2.24, 2.45) is 0 Å². The van der Waals surface area contributed by atoms with Gasteiger partial charge in [-0.1, -0.05) is 24.6 Å². The quantitative estimate of drug-likeness (QED) is 0.541. The maximum Gasteiger partial charge on any atom is 0.233 e. The average molecular weight is 408 g/mol. The van der Waals surface area contributed by atoms with Crippen molar-refractivity contribution in [3.8, 4) is 11.5 Å². The number of carbonyl (C=O) groups is 1. The van der Waals surface area contributed by atoms with Gasteiger partial charge >= 0.3 is 0 Å². The predicted octanol–water partition coefficient (Wildman–Crippen LogP) is 5.32. The minimum absolute atomic E-state index is 0.0179. The molecule has 0 aromatic heterocycles. The lowest BCUT2D eigenvalue weighted by atomic mass is 10.2. The van der Waals surface area contributed by atoms with Crippen molar-refractivity contribution < 1.29 is 14.3 Å². The Hall–Kier alpha value is -1.85. The van der Waals surface area contributed by atoms with E-state index < -0.39 is 0 Å². The highest BCUT2D eigenvalue weighted by molar-refractivity contribution is 8.00. The third kappa shape index (κ3) is 6.67. The maximum absolute atomic E-state index is 12.6. The van der Waals surface area contributed by atoms with Crippen LogP contribution in [0.3, 0.4) is 0 Å². The fraction of sp³-hybridized carbons (Fsp3) is 0.381. The molecule has 0 saturated heterocycles. The topological polar surface area (TPSA) is 47.6 Å². The first-order valence-corrected chi connectivity index (χ1v) is 10.4. The van der Waals surface area contributed by atoms with Gasteiger partial charge in [0.05, 0.1) is 18.5 Å². The van der Waals surface area contributed by atoms with Gasteiger partial charge in [-0.25, -0.2) is 0 Å². The zero-order valence-electron chi connectivity index (χ0n) is 16.0. The van der Waals surface area contributed by atoms with E-state index in [0.29, 0.717) is 30.5 Å². The Kier molecular flexibility index (Phi) is 8.82. The fourth-order valence-corrected chi connectivity index (χ4v) is 3.61. The van der Waals surface area contributed by atoms with Crippen molar-refractivity contribution in [2.45, 2.75) is 43.9 Å². The van der Waals surface area contributed by atoms with E-state index in [1.54, 1.807) is 11.8 Å². The highest BCUT2D eigenvalue weighted by atomic mass is 35.5. The first-order chi connectivity index (χ1) is 13.1. The Labute approximate surface area is 170 Å². The summed E-state index contributed by atoms with van der Waals surface area (Å²) in [5.74, 6) is 1.44. The normalized spacial score (nSPS) is 11.7. The highest BCUT2D eigenvalue weighted by Crippen LogP contribution is 2.29. The van der Waals surface area contributed by atoms with Crippen LogP contribution in [0.4, 0.5) is 0 Å². The lowest BCUT2D eigenvalue weighted by Crippen LogP contribution is -2.31. The SMILES string of the molecule is CCOc1ccc(CNC(=O)[C@@H](CC)Sc2ccc(Cl)cc2)cc1OCC. The van der Waals surface area contributed by atoms with Crippen LogP contribution in [0.5, 0.6) is 11.5 Å². The van der Waals surface area contributed by atoms with E-state index >= 15 is 0 Å². The van der Waals surface area contributed by atoms with Crippen LogP contribution in [0, 0.1) is 0 Å². The number of amides is 1. The minimum atomic E-state index is -0.153. The molecule has 2 rings (SSSR count). The second-order valence-corrected chi connectivity index (χ2v) is 7.55. The van der Waals surface area contributed by atoms with E-state index in [1.165, 1.54) is 0 Å². The van der Waals surface area contributed by atoms with Crippen LogP contribution in [0.1, 0.15) is 32.8 Å². The third-order valence-corrected chi connectivity index (χ3v) is 5.46. The van der Waals surface area contributed by atoms with Gasteiger partial charge in [-0.2, -0.15) is 0 Å². The molecule has 1 atom stereocenters. The number of hydrogen-bond acceptors (Lipinski definition) is 4. The summed E-state index contributed by atoms with van der Waals surface area (Å²) in [4.78, 5) is 13.6. The number of carbonyl (C=O) groups excluding carboxylic acids is 1. The number of rotatable bonds is 10. The van der Waals surface area contributed by atoms with E-state index in [9.17, 15) is 4.79 Å². The van der Waals surface area contributed by atoms with Crippen LogP contribution < -0.4 is 14.8 Å². The number of halogens is 1. The minimum Gasteiger partial charge on any atom is -0.490 e. The standard InChI is InChI=1S/C21H26ClNO3S/c1-4-20(27-17-10-8-16(22)9-11-17)21(24)23-14-15-7-12-18(25-5-2)19(13-15)26-6-3/h7-13,20H,4-6,14H2,1-3H3,(H,23,24)/t20-/m1/s1. The molecule has 0 unspecified atom stereocenters. The van der Waals surface area contributed by atoms with E-state index in [1.807, 2.05) is 63.2 Å². The molecule has 0 fully saturated rings. The Bertz CT molecular complexity index is 737. The Morgan fingerprint density at radius 3 is 2.33 bits per heavy atom. The molecular formula is C21H26ClNO3S. The summed E-state index contributed by atoms with van der Waals surface area (Å²) in [6.45, 7) is 7.47. The molecule has 0 bridgehead atoms. The summed E-state index contributed by atoms with van der Waals surface area (Å²) in [6, 6.07) is 13.3. The Balaban J connectivity index is 1.98. The molecular weight excluding hydrogens is 382 g/mol. The molecule has 1 N–H and O–H groups in total. The molecule has 0 radical (unpaired) electrons. The number of ether oxygens (including phenoxy) is 2. The molecule has 2 aromatic carbocycles. The lowest BCUT2D eigenvalue weighted by Gasteiger charge is -2.16. The summed E-state index contributed by atoms with van der Waals surface area (Å²) in [6.07, 6.45) is 0.743. The van der Waals surface area contributed by atoms with Gasteiger partial charge in [-0.05, 0) is 62.2 Å². The first-order valence-electron chi connectivity index (χ1n) is 9.15. The second kappa shape index (κ2) is 11.1. The zero-order chi connectivity index (χ0) is 19.6. The number of thioether (sulfide) groups is 1. The molecule has 4 nitrogen and oxygen atoms in total. The number of nitrogens with one attached hydrogen (secondary N) is 1. The molecule has 0 aliphatic rings. The van der Waals surface area contributed by atoms with Crippen LogP contribution in [0.25, 0.3) is 0 Å². The summed E-state index contributed by atoms with van der Waals surface area (Å²) in [5, 5.41) is 3.56. The van der Waals surface area contributed by atoms with Gasteiger partial charge < -0.3 is 14.8 Å². The Morgan fingerprint density at radius 1 is 1.04 bits per heavy atom. The van der Waals surface area contributed by atoms with Crippen molar-refractivity contribution in [2.75, 3.05) is 13.2 Å². The molecule has 6 heteroatoms. The van der Waals surface area contributed by atoms with Gasteiger partial charge in [0.1, 0.15) is 0 Å². The maximum atomic E-state index is 12.6. The van der Waals surface area contributed by atoms with Crippen molar-refractivity contribution in [3.05, 3.63) is 53.1 Å². The fourth-order valence-electron chi connectivity index (χ4n) is 2.51. The molecule has 0 aliphatic heterocycles. The predicted molar refractivity (Wildman–Crippen MR) is 112 cm³/mol. The highest BCUT2D eigenvalue weighted by Gasteiger charge is 2.18. The molecule has 0 spiro atoms. The van der Waals surface area contributed by atoms with Crippen LogP contribution in [0.15, 0.2) is 47.4 Å². The van der Waals surface area contributed by atoms with Crippen molar-refractivity contribution in [1.29, 1.82) is 0 Å². The zero-order valence-corrected chi connectivity index (χ0v) is 17.5. The van der Waals surface area contributed by atoms with Gasteiger partial charge in [0.15, 0.2) is 11.5 Å². The van der Waals surface area contributed by atoms with E-state index in [-0.39, 0.29) is 11.2 Å². The molecule has 27 heavy (non-hydrogen) atoms. The van der Waals surface area contributed by atoms with Gasteiger partial charge in [0.2, 0.25) is 5.91 Å². The van der Waals surface area contributed by atoms with Crippen LogP contribution in [-0.2, 0) is 11.3 Å². The summed E-state index contributed by atoms with van der Waals surface area (Å²) in [7, 11) is 0. The van der Waals surface area contributed by atoms with Crippen LogP contribution >= 0.6 is 23.4 Å². The monoisotopic (exact) mass is 407 g/mol. The van der Waals surface area contributed by atoms with Crippen LogP contribution in [-0.4, -0.2) is 24.4 Å². The number of benzene rings is 2. The van der Waals surface area contributed by atoms with Gasteiger partial charge in [0, 0.05) is 16.5 Å². The van der Waals surface area contributed by atoms with Crippen molar-refractivity contribution in [3.63, 3.8) is 0 Å². The van der Waals surface area contributed by atoms with Gasteiger partial charge in [-0.15, -0.1) is 11.8 Å².